The average molecular weight is 538 g/mol. The van der Waals surface area contributed by atoms with Crippen LogP contribution in [0.4, 0.5) is 5.69 Å². The summed E-state index contributed by atoms with van der Waals surface area (Å²) in [5.74, 6) is -0.299. The minimum absolute atomic E-state index is 0.0614. The molecule has 0 aliphatic heterocycles. The molecule has 12 heteroatoms. The summed E-state index contributed by atoms with van der Waals surface area (Å²) in [5.41, 5.74) is 0.994. The van der Waals surface area contributed by atoms with Crippen LogP contribution < -0.4 is 19.9 Å². The topological polar surface area (TPSA) is 145 Å². The van der Waals surface area contributed by atoms with Crippen LogP contribution in [-0.2, 0) is 31.3 Å². The first-order valence-electron chi connectivity index (χ1n) is 10.4. The predicted octanol–water partition coefficient (Wildman–Crippen LogP) is 2.91. The van der Waals surface area contributed by atoms with Crippen LogP contribution in [-0.4, -0.2) is 35.4 Å². The maximum Gasteiger partial charge on any atom is 0.242 e. The Balaban J connectivity index is 1.86. The molecule has 3 aromatic rings. The summed E-state index contributed by atoms with van der Waals surface area (Å²) in [4.78, 5) is 12.8. The number of nitrogens with two attached hydrogens (primary N) is 1. The van der Waals surface area contributed by atoms with E-state index in [2.05, 4.69) is 10.0 Å². The summed E-state index contributed by atoms with van der Waals surface area (Å²) in [6.45, 7) is 2.14. The standard InChI is InChI=1S/C23H24ClN3O6S2/c1-2-33-22-13-12-19(15-20(22)24)35(31,32)27-21(14-16-6-4-3-5-7-16)23(28)26-17-8-10-18(11-9-17)34(25,29)30/h3-13,15,21,27H,2,14H2,1H3,(H,26,28)(H2,25,29,30). The van der Waals surface area contributed by atoms with Crippen LogP contribution in [0.25, 0.3) is 0 Å². The molecule has 3 aromatic carbocycles. The van der Waals surface area contributed by atoms with Crippen LogP contribution in [0.5, 0.6) is 5.75 Å². The fourth-order valence-electron chi connectivity index (χ4n) is 3.17. The smallest absolute Gasteiger partial charge is 0.242 e. The van der Waals surface area contributed by atoms with E-state index < -0.39 is 32.0 Å². The van der Waals surface area contributed by atoms with Crippen LogP contribution >= 0.6 is 11.6 Å². The Bertz CT molecular complexity index is 1400. The van der Waals surface area contributed by atoms with E-state index in [9.17, 15) is 21.6 Å². The van der Waals surface area contributed by atoms with Crippen LogP contribution in [0.15, 0.2) is 82.6 Å². The normalized spacial score (nSPS) is 12.7. The summed E-state index contributed by atoms with van der Waals surface area (Å²) < 4.78 is 56.9. The first kappa shape index (κ1) is 26.6. The summed E-state index contributed by atoms with van der Waals surface area (Å²) in [6, 6.07) is 16.9. The van der Waals surface area contributed by atoms with Crippen molar-refractivity contribution in [3.05, 3.63) is 83.4 Å². The number of sulfonamides is 2. The molecule has 0 fully saturated rings. The number of anilines is 1. The molecule has 0 spiro atoms. The molecule has 4 N–H and O–H groups in total. The number of carbonyl (C=O) groups is 1. The lowest BCUT2D eigenvalue weighted by molar-refractivity contribution is -0.117. The van der Waals surface area contributed by atoms with Crippen molar-refractivity contribution < 1.29 is 26.4 Å². The molecule has 0 aliphatic carbocycles. The molecule has 186 valence electrons. The van der Waals surface area contributed by atoms with E-state index in [0.29, 0.717) is 12.4 Å². The summed E-state index contributed by atoms with van der Waals surface area (Å²) in [5, 5.41) is 7.82. The summed E-state index contributed by atoms with van der Waals surface area (Å²) in [7, 11) is -8.04. The second-order valence-corrected chi connectivity index (χ2v) is 11.1. The zero-order chi connectivity index (χ0) is 25.6. The Labute approximate surface area is 209 Å². The number of nitrogens with one attached hydrogen (secondary N) is 2. The maximum atomic E-state index is 13.1. The van der Waals surface area contributed by atoms with E-state index in [1.807, 2.05) is 0 Å². The van der Waals surface area contributed by atoms with Crippen LogP contribution in [0.3, 0.4) is 0 Å². The van der Waals surface area contributed by atoms with Gasteiger partial charge in [0.25, 0.3) is 0 Å². The van der Waals surface area contributed by atoms with Gasteiger partial charge in [0.2, 0.25) is 26.0 Å². The number of hydrogen-bond acceptors (Lipinski definition) is 6. The van der Waals surface area contributed by atoms with Gasteiger partial charge in [-0.25, -0.2) is 22.0 Å². The number of hydrogen-bond donors (Lipinski definition) is 3. The van der Waals surface area contributed by atoms with Crippen LogP contribution in [0, 0.1) is 0 Å². The second-order valence-electron chi connectivity index (χ2n) is 7.45. The van der Waals surface area contributed by atoms with Gasteiger partial charge in [-0.1, -0.05) is 41.9 Å². The molecule has 1 amide bonds. The van der Waals surface area contributed by atoms with Crippen molar-refractivity contribution in [3.63, 3.8) is 0 Å². The van der Waals surface area contributed by atoms with Gasteiger partial charge in [-0.15, -0.1) is 0 Å². The lowest BCUT2D eigenvalue weighted by atomic mass is 10.1. The Hall–Kier alpha value is -2.96. The van der Waals surface area contributed by atoms with Crippen molar-refractivity contribution in [2.75, 3.05) is 11.9 Å². The highest BCUT2D eigenvalue weighted by Gasteiger charge is 2.27. The molecular formula is C23H24ClN3O6S2. The number of carbonyl (C=O) groups excluding carboxylic acids is 1. The molecule has 3 rings (SSSR count). The highest BCUT2D eigenvalue weighted by atomic mass is 35.5. The highest BCUT2D eigenvalue weighted by Crippen LogP contribution is 2.27. The third-order valence-corrected chi connectivity index (χ3v) is 7.55. The van der Waals surface area contributed by atoms with E-state index in [4.69, 9.17) is 21.5 Å². The van der Waals surface area contributed by atoms with Gasteiger partial charge in [-0.3, -0.25) is 4.79 Å². The van der Waals surface area contributed by atoms with Gasteiger partial charge in [0.1, 0.15) is 11.8 Å². The Morgan fingerprint density at radius 3 is 2.17 bits per heavy atom. The number of rotatable bonds is 10. The fraction of sp³-hybridized carbons (Fsp3) is 0.174. The number of halogens is 1. The number of amides is 1. The van der Waals surface area contributed by atoms with Gasteiger partial charge < -0.3 is 10.1 Å². The van der Waals surface area contributed by atoms with Crippen molar-refractivity contribution in [1.29, 1.82) is 0 Å². The Kier molecular flexibility index (Phi) is 8.51. The van der Waals surface area contributed by atoms with Crippen molar-refractivity contribution in [2.24, 2.45) is 5.14 Å². The molecule has 0 aliphatic rings. The van der Waals surface area contributed by atoms with Crippen molar-refractivity contribution in [2.45, 2.75) is 29.2 Å². The van der Waals surface area contributed by atoms with E-state index in [1.165, 1.54) is 42.5 Å². The molecule has 9 nitrogen and oxygen atoms in total. The molecule has 1 unspecified atom stereocenters. The predicted molar refractivity (Wildman–Crippen MR) is 133 cm³/mol. The van der Waals surface area contributed by atoms with Crippen molar-refractivity contribution in [1.82, 2.24) is 4.72 Å². The van der Waals surface area contributed by atoms with Gasteiger partial charge in [-0.05, 0) is 61.4 Å². The largest absolute Gasteiger partial charge is 0.492 e. The molecule has 1 atom stereocenters. The molecule has 0 saturated heterocycles. The minimum Gasteiger partial charge on any atom is -0.492 e. The molecule has 0 saturated carbocycles. The first-order chi connectivity index (χ1) is 16.5. The molecule has 35 heavy (non-hydrogen) atoms. The number of benzene rings is 3. The van der Waals surface area contributed by atoms with E-state index in [-0.39, 0.29) is 26.9 Å². The van der Waals surface area contributed by atoms with Gasteiger partial charge >= 0.3 is 0 Å². The lowest BCUT2D eigenvalue weighted by Crippen LogP contribution is -2.45. The molecule has 0 aromatic heterocycles. The van der Waals surface area contributed by atoms with E-state index >= 15 is 0 Å². The Morgan fingerprint density at radius 2 is 1.60 bits per heavy atom. The van der Waals surface area contributed by atoms with E-state index in [0.717, 1.165) is 5.56 Å². The van der Waals surface area contributed by atoms with E-state index in [1.54, 1.807) is 37.3 Å². The number of ether oxygens (including phenoxy) is 1. The third kappa shape index (κ3) is 7.26. The second kappa shape index (κ2) is 11.2. The SMILES string of the molecule is CCOc1ccc(S(=O)(=O)NC(Cc2ccccc2)C(=O)Nc2ccc(S(N)(=O)=O)cc2)cc1Cl. The maximum absolute atomic E-state index is 13.1. The van der Waals surface area contributed by atoms with Gasteiger partial charge in [-0.2, -0.15) is 4.72 Å². The first-order valence-corrected chi connectivity index (χ1v) is 13.8. The van der Waals surface area contributed by atoms with Gasteiger partial charge in [0.15, 0.2) is 0 Å². The zero-order valence-corrected chi connectivity index (χ0v) is 21.0. The number of primary sulfonamides is 1. The summed E-state index contributed by atoms with van der Waals surface area (Å²) in [6.07, 6.45) is 0.0614. The molecule has 0 bridgehead atoms. The third-order valence-electron chi connectivity index (χ3n) is 4.86. The van der Waals surface area contributed by atoms with Gasteiger partial charge in [0, 0.05) is 5.69 Å². The lowest BCUT2D eigenvalue weighted by Gasteiger charge is -2.19. The van der Waals surface area contributed by atoms with Gasteiger partial charge in [0.05, 0.1) is 21.4 Å². The zero-order valence-electron chi connectivity index (χ0n) is 18.6. The van der Waals surface area contributed by atoms with Crippen molar-refractivity contribution in [3.8, 4) is 5.75 Å². The van der Waals surface area contributed by atoms with Crippen molar-refractivity contribution >= 4 is 43.2 Å². The molecular weight excluding hydrogens is 514 g/mol. The molecule has 0 radical (unpaired) electrons. The highest BCUT2D eigenvalue weighted by molar-refractivity contribution is 7.89. The monoisotopic (exact) mass is 537 g/mol. The van der Waals surface area contributed by atoms with Crippen LogP contribution in [0.1, 0.15) is 12.5 Å². The molecule has 0 heterocycles. The minimum atomic E-state index is -4.14. The Morgan fingerprint density at radius 1 is 0.971 bits per heavy atom. The summed E-state index contributed by atoms with van der Waals surface area (Å²) >= 11 is 6.15. The average Bonchev–Trinajstić information content (AvgIpc) is 2.80. The fourth-order valence-corrected chi connectivity index (χ4v) is 5.21. The van der Waals surface area contributed by atoms with Crippen LogP contribution in [0.2, 0.25) is 5.02 Å². The quantitative estimate of drug-likeness (QED) is 0.362.